The van der Waals surface area contributed by atoms with E-state index in [-0.39, 0.29) is 10.8 Å². The maximum absolute atomic E-state index is 5.79. The summed E-state index contributed by atoms with van der Waals surface area (Å²) in [5.74, 6) is 2.85. The normalized spacial score (nSPS) is 12.5. The van der Waals surface area contributed by atoms with Gasteiger partial charge in [-0.25, -0.2) is 9.13 Å². The van der Waals surface area contributed by atoms with Gasteiger partial charge in [0.25, 0.3) is 11.4 Å². The zero-order chi connectivity index (χ0) is 81.1. The SMILES string of the molecule is Cc1ccc2c(c1C)-n1c(c(-c3ccccc3)c[n+]1C)C(C)(C)C2(C)C.Cc1cccc(-c2c[n+](-c3c(C(C)C)cccc3C(C)C)cn2C)c1C.Cc1cccc(-c2coc(-c3ccccc3)[n+]2C)c1C.Cc1cccc(-c2coc[n+]2C)c1C.Cc1cccc(-n2cc(-c3c(C(C)C)cccc3C(C)C)c[n+]2C)c1C. The number of fused-ring (bicyclic) bond motifs is 3. The van der Waals surface area contributed by atoms with Crippen molar-refractivity contribution in [2.75, 3.05) is 0 Å². The molecule has 14 aromatic rings. The Morgan fingerprint density at radius 1 is 0.402 bits per heavy atom. The maximum atomic E-state index is 5.79. The molecule has 0 spiro atoms. The molecule has 0 fully saturated rings. The van der Waals surface area contributed by atoms with E-state index in [2.05, 4.69) is 401 Å². The molecule has 1 aliphatic heterocycles. The highest BCUT2D eigenvalue weighted by molar-refractivity contribution is 5.73. The summed E-state index contributed by atoms with van der Waals surface area (Å²) in [5, 5.41) is 0. The van der Waals surface area contributed by atoms with Crippen LogP contribution in [0.15, 0.2) is 241 Å². The van der Waals surface area contributed by atoms with Crippen LogP contribution in [-0.4, -0.2) is 13.9 Å². The second-order valence-electron chi connectivity index (χ2n) is 33.5. The molecule has 10 nitrogen and oxygen atoms in total. The van der Waals surface area contributed by atoms with Crippen molar-refractivity contribution < 1.29 is 31.9 Å². The van der Waals surface area contributed by atoms with Crippen molar-refractivity contribution in [3.05, 3.63) is 321 Å². The van der Waals surface area contributed by atoms with Gasteiger partial charge in [-0.2, -0.15) is 9.13 Å². The first-order valence-electron chi connectivity index (χ1n) is 40.1. The molecule has 9 aromatic carbocycles. The summed E-state index contributed by atoms with van der Waals surface area (Å²) in [6.45, 7) is 49.6. The molecule has 0 N–H and O–H groups in total. The van der Waals surface area contributed by atoms with Crippen LogP contribution >= 0.6 is 0 Å². The molecule has 1 aliphatic rings. The average molecular weight is 1490 g/mol. The van der Waals surface area contributed by atoms with Crippen molar-refractivity contribution in [3.8, 4) is 84.5 Å². The van der Waals surface area contributed by atoms with Crippen molar-refractivity contribution in [3.63, 3.8) is 0 Å². The Hall–Kier alpha value is -11.0. The lowest BCUT2D eigenvalue weighted by molar-refractivity contribution is -0.745. The van der Waals surface area contributed by atoms with Crippen LogP contribution in [0.3, 0.4) is 0 Å². The molecule has 0 aliphatic carbocycles. The highest BCUT2D eigenvalue weighted by Crippen LogP contribution is 2.53. The molecule has 0 amide bonds. The molecule has 0 bridgehead atoms. The Morgan fingerprint density at radius 3 is 1.40 bits per heavy atom. The fraction of sp³-hybridized carbons (Fsp3) is 0.324. The first-order valence-corrected chi connectivity index (χ1v) is 40.1. The average Bonchev–Trinajstić information content (AvgIpc) is 0.994. The van der Waals surface area contributed by atoms with Gasteiger partial charge in [0.1, 0.15) is 43.0 Å². The van der Waals surface area contributed by atoms with Crippen LogP contribution in [0.2, 0.25) is 0 Å². The highest BCUT2D eigenvalue weighted by atomic mass is 16.3. The van der Waals surface area contributed by atoms with Crippen molar-refractivity contribution in [2.45, 2.75) is 187 Å². The predicted molar refractivity (Wildman–Crippen MR) is 463 cm³/mol. The molecule has 6 heterocycles. The fourth-order valence-corrected chi connectivity index (χ4v) is 16.1. The molecule has 112 heavy (non-hydrogen) atoms. The number of nitrogens with zero attached hydrogens (tertiary/aromatic N) is 8. The second kappa shape index (κ2) is 33.9. The second-order valence-corrected chi connectivity index (χ2v) is 33.5. The van der Waals surface area contributed by atoms with E-state index in [0.717, 1.165) is 22.8 Å². The minimum atomic E-state index is -0.00582. The zero-order valence-corrected chi connectivity index (χ0v) is 72.1. The summed E-state index contributed by atoms with van der Waals surface area (Å²) in [5.41, 5.74) is 39.3. The van der Waals surface area contributed by atoms with Crippen molar-refractivity contribution in [1.82, 2.24) is 13.9 Å². The van der Waals surface area contributed by atoms with Crippen molar-refractivity contribution in [2.24, 2.45) is 35.2 Å². The van der Waals surface area contributed by atoms with Gasteiger partial charge in [0.15, 0.2) is 32.3 Å². The summed E-state index contributed by atoms with van der Waals surface area (Å²) in [7, 11) is 10.5. The summed E-state index contributed by atoms with van der Waals surface area (Å²) >= 11 is 0. The van der Waals surface area contributed by atoms with Crippen LogP contribution in [0.25, 0.3) is 84.5 Å². The Labute approximate surface area is 669 Å². The van der Waals surface area contributed by atoms with Crippen LogP contribution in [0.1, 0.15) is 196 Å². The van der Waals surface area contributed by atoms with Gasteiger partial charge in [0, 0.05) is 27.5 Å². The third-order valence-electron chi connectivity index (χ3n) is 24.3. The van der Waals surface area contributed by atoms with Gasteiger partial charge >= 0.3 is 12.3 Å². The van der Waals surface area contributed by atoms with Gasteiger partial charge in [-0.1, -0.05) is 235 Å². The standard InChI is InChI=1S/C24H29N2.2C24H31N2.C18H18NO.C12H14NO/c1-16-13-14-20-21(17(16)2)26-22(24(5,6)23(20,3)4)19(15-25(26)7)18-11-9-8-10-12-18;1-16(2)21-11-9-12-22(17(3)4)24(21)20-14-25(7)26(15-20)23-13-8-10-18(5)19(23)6;1-16(2)20-11-9-12-21(17(3)4)24(20)26-14-23(25(7)15-26)22-13-8-10-18(5)19(22)6;1-13-8-7-11-16(14(13)2)17-12-20-18(19(17)3)15-9-5-4-6-10-15;1-9-5-4-6-11(10(9)2)12-7-14-8-13(12)3/h8-15H,1-7H3;2*8-17H,1-7H3;4-12H,1-3H3;4-8H,1-3H3/q5*+1. The van der Waals surface area contributed by atoms with E-state index >= 15 is 0 Å². The van der Waals surface area contributed by atoms with E-state index in [9.17, 15) is 0 Å². The van der Waals surface area contributed by atoms with Crippen LogP contribution in [0, 0.1) is 69.2 Å². The van der Waals surface area contributed by atoms with Crippen LogP contribution in [0.4, 0.5) is 0 Å². The van der Waals surface area contributed by atoms with Gasteiger partial charge in [-0.3, -0.25) is 0 Å². The molecular formula is C102H123N8O2+5. The third-order valence-corrected chi connectivity index (χ3v) is 24.3. The minimum absolute atomic E-state index is 0.00582. The molecule has 0 saturated heterocycles. The van der Waals surface area contributed by atoms with Crippen molar-refractivity contribution in [1.29, 1.82) is 0 Å². The number of para-hydroxylation sites is 1. The van der Waals surface area contributed by atoms with E-state index in [1.54, 1.807) is 12.7 Å². The van der Waals surface area contributed by atoms with Gasteiger partial charge < -0.3 is 8.83 Å². The Balaban J connectivity index is 0.000000140. The lowest BCUT2D eigenvalue weighted by Gasteiger charge is -2.46. The van der Waals surface area contributed by atoms with E-state index in [0.29, 0.717) is 23.7 Å². The summed E-state index contributed by atoms with van der Waals surface area (Å²) in [6, 6.07) is 64.8. The van der Waals surface area contributed by atoms with Crippen LogP contribution < -0.4 is 23.1 Å². The van der Waals surface area contributed by atoms with Crippen LogP contribution in [-0.2, 0) is 46.1 Å². The fourth-order valence-electron chi connectivity index (χ4n) is 16.1. The number of aromatic nitrogens is 8. The summed E-state index contributed by atoms with van der Waals surface area (Å²) < 4.78 is 28.8. The number of oxazole rings is 2. The number of benzene rings is 9. The van der Waals surface area contributed by atoms with Gasteiger partial charge in [-0.05, 0) is 207 Å². The van der Waals surface area contributed by atoms with Crippen LogP contribution in [0.5, 0.6) is 0 Å². The molecule has 10 heteroatoms. The zero-order valence-electron chi connectivity index (χ0n) is 72.1. The predicted octanol–water partition coefficient (Wildman–Crippen LogP) is 23.3. The van der Waals surface area contributed by atoms with Gasteiger partial charge in [-0.15, -0.1) is 18.7 Å². The molecular weight excluding hydrogens is 1370 g/mol. The molecule has 0 atom stereocenters. The van der Waals surface area contributed by atoms with E-state index < -0.39 is 0 Å². The molecule has 0 unspecified atom stereocenters. The highest BCUT2D eigenvalue weighted by Gasteiger charge is 2.51. The largest absolute Gasteiger partial charge is 0.412 e. The first-order chi connectivity index (χ1) is 53.2. The van der Waals surface area contributed by atoms with E-state index in [1.165, 1.54) is 151 Å². The smallest absolute Gasteiger partial charge is 0.380 e. The topological polar surface area (TPSA) is 60.5 Å². The molecule has 0 saturated carbocycles. The number of rotatable bonds is 12. The van der Waals surface area contributed by atoms with Gasteiger partial charge in [0.2, 0.25) is 18.7 Å². The molecule has 5 aromatic heterocycles. The molecule has 15 rings (SSSR count). The Bertz CT molecular complexity index is 5450. The Morgan fingerprint density at radius 2 is 0.875 bits per heavy atom. The van der Waals surface area contributed by atoms with E-state index in [4.69, 9.17) is 8.83 Å². The monoisotopic (exact) mass is 1490 g/mol. The lowest BCUT2D eigenvalue weighted by atomic mass is 9.59. The number of aryl methyl sites for hydroxylation is 9. The minimum Gasteiger partial charge on any atom is -0.412 e. The van der Waals surface area contributed by atoms with Crippen molar-refractivity contribution >= 4 is 0 Å². The number of imidazole rings is 1. The number of hydrogen-bond acceptors (Lipinski definition) is 2. The summed E-state index contributed by atoms with van der Waals surface area (Å²) in [6.07, 6.45) is 16.7. The molecule has 578 valence electrons. The third kappa shape index (κ3) is 16.2. The molecule has 0 radical (unpaired) electrons. The van der Waals surface area contributed by atoms with Gasteiger partial charge in [0.05, 0.1) is 41.1 Å². The first kappa shape index (κ1) is 82.0. The lowest BCUT2D eigenvalue weighted by Crippen LogP contribution is -2.51. The quantitative estimate of drug-likeness (QED) is 0.114. The van der Waals surface area contributed by atoms with E-state index in [1.807, 2.05) is 43.1 Å². The Kier molecular flexibility index (Phi) is 24.8. The number of hydrogen-bond donors (Lipinski definition) is 0. The summed E-state index contributed by atoms with van der Waals surface area (Å²) in [4.78, 5) is 0. The maximum Gasteiger partial charge on any atom is 0.380 e.